The number of nitrogens with zero attached hydrogens (tertiary/aromatic N) is 2. The monoisotopic (exact) mass is 489 g/mol. The van der Waals surface area contributed by atoms with Crippen LogP contribution < -0.4 is 15.4 Å². The lowest BCUT2D eigenvalue weighted by Crippen LogP contribution is -2.11. The Kier molecular flexibility index (Phi) is 6.31. The summed E-state index contributed by atoms with van der Waals surface area (Å²) in [4.78, 5) is 21.4. The Bertz CT molecular complexity index is 1480. The van der Waals surface area contributed by atoms with E-state index in [0.29, 0.717) is 35.0 Å². The van der Waals surface area contributed by atoms with Gasteiger partial charge >= 0.3 is 0 Å². The van der Waals surface area contributed by atoms with E-state index in [4.69, 9.17) is 4.74 Å². The van der Waals surface area contributed by atoms with Gasteiger partial charge in [0.2, 0.25) is 5.91 Å². The molecule has 0 spiro atoms. The zero-order valence-corrected chi connectivity index (χ0v) is 20.6. The number of fused-ring (bicyclic) bond motifs is 2. The standard InChI is InChI=1S/C26H24N3O3PS/c1-2-16-11-17-18(12-20(16)30)27-9-8-21(17)32-22-14-24-19(13-23(22)33)28-26(34-24)29-25(31)10-15-6-4-3-5-7-15/h4,6-9,11-14,30H,2-3,5,10,33H2,1H3,(H,28,29,31). The average Bonchev–Trinajstić information content (AvgIpc) is 3.20. The van der Waals surface area contributed by atoms with Crippen LogP contribution in [0.1, 0.15) is 31.7 Å². The summed E-state index contributed by atoms with van der Waals surface area (Å²) >= 11 is 1.42. The number of pyridine rings is 1. The number of nitrogens with one attached hydrogen (secondary N) is 1. The second kappa shape index (κ2) is 9.53. The summed E-state index contributed by atoms with van der Waals surface area (Å²) in [5, 5.41) is 15.4. The number of phenolic OH excluding ortho intramolecular Hbond substituents is 1. The SMILES string of the molecule is CCc1cc2c(Oc3cc4sc(NC(=O)CC5=CCCC=C5)nc4cc3P)ccnc2cc1O. The van der Waals surface area contributed by atoms with E-state index in [0.717, 1.165) is 44.9 Å². The number of thiazole rings is 1. The van der Waals surface area contributed by atoms with Gasteiger partial charge < -0.3 is 15.2 Å². The number of aryl methyl sites for hydroxylation is 1. The number of carbonyl (C=O) groups is 1. The third-order valence-electron chi connectivity index (χ3n) is 5.71. The summed E-state index contributed by atoms with van der Waals surface area (Å²) in [5.41, 5.74) is 3.35. The third kappa shape index (κ3) is 4.67. The van der Waals surface area contributed by atoms with Gasteiger partial charge in [-0.1, -0.05) is 36.5 Å². The van der Waals surface area contributed by atoms with Crippen molar-refractivity contribution < 1.29 is 14.6 Å². The fourth-order valence-corrected chi connectivity index (χ4v) is 5.15. The van der Waals surface area contributed by atoms with Crippen LogP contribution in [0.5, 0.6) is 17.2 Å². The van der Waals surface area contributed by atoms with Gasteiger partial charge in [-0.15, -0.1) is 9.24 Å². The first-order valence-electron chi connectivity index (χ1n) is 11.1. The summed E-state index contributed by atoms with van der Waals surface area (Å²) in [7, 11) is 2.69. The molecule has 1 atom stereocenters. The highest BCUT2D eigenvalue weighted by atomic mass is 32.1. The number of benzene rings is 2. The van der Waals surface area contributed by atoms with Crippen molar-refractivity contribution in [2.24, 2.45) is 0 Å². The predicted octanol–water partition coefficient (Wildman–Crippen LogP) is 6.01. The lowest BCUT2D eigenvalue weighted by Gasteiger charge is -2.12. The van der Waals surface area contributed by atoms with E-state index < -0.39 is 0 Å². The summed E-state index contributed by atoms with van der Waals surface area (Å²) in [6, 6.07) is 9.28. The van der Waals surface area contributed by atoms with Crippen molar-refractivity contribution in [2.75, 3.05) is 5.32 Å². The molecule has 0 aliphatic heterocycles. The Morgan fingerprint density at radius 2 is 2.09 bits per heavy atom. The van der Waals surface area contributed by atoms with Gasteiger partial charge in [0.1, 0.15) is 17.2 Å². The van der Waals surface area contributed by atoms with Crippen LogP contribution in [0.4, 0.5) is 5.13 Å². The minimum absolute atomic E-state index is 0.0716. The van der Waals surface area contributed by atoms with E-state index in [1.165, 1.54) is 11.3 Å². The Morgan fingerprint density at radius 3 is 2.88 bits per heavy atom. The molecule has 172 valence electrons. The van der Waals surface area contributed by atoms with Gasteiger partial charge in [-0.2, -0.15) is 0 Å². The van der Waals surface area contributed by atoms with Gasteiger partial charge in [0.15, 0.2) is 5.13 Å². The Labute approximate surface area is 203 Å². The molecule has 5 rings (SSSR count). The van der Waals surface area contributed by atoms with E-state index in [9.17, 15) is 9.90 Å². The molecule has 4 aromatic rings. The van der Waals surface area contributed by atoms with Crippen LogP contribution in [0.3, 0.4) is 0 Å². The number of amides is 1. The number of ether oxygens (including phenoxy) is 1. The maximum atomic E-state index is 12.5. The highest BCUT2D eigenvalue weighted by Gasteiger charge is 2.14. The first-order chi connectivity index (χ1) is 16.5. The van der Waals surface area contributed by atoms with Crippen molar-refractivity contribution in [2.45, 2.75) is 32.6 Å². The molecule has 1 amide bonds. The first-order valence-corrected chi connectivity index (χ1v) is 12.5. The third-order valence-corrected chi connectivity index (χ3v) is 7.09. The molecule has 0 fully saturated rings. The number of hydrogen-bond acceptors (Lipinski definition) is 6. The molecular formula is C26H24N3O3PS. The van der Waals surface area contributed by atoms with Crippen LogP contribution in [0.15, 0.2) is 60.3 Å². The zero-order valence-electron chi connectivity index (χ0n) is 18.7. The minimum Gasteiger partial charge on any atom is -0.508 e. The van der Waals surface area contributed by atoms with E-state index in [1.807, 2.05) is 37.3 Å². The summed E-state index contributed by atoms with van der Waals surface area (Å²) in [6.07, 6.45) is 11.0. The second-order valence-electron chi connectivity index (χ2n) is 8.12. The van der Waals surface area contributed by atoms with Crippen LogP contribution in [0.25, 0.3) is 21.1 Å². The van der Waals surface area contributed by atoms with E-state index >= 15 is 0 Å². The predicted molar refractivity (Wildman–Crippen MR) is 142 cm³/mol. The number of rotatable bonds is 6. The minimum atomic E-state index is -0.0716. The highest BCUT2D eigenvalue weighted by molar-refractivity contribution is 7.28. The molecule has 0 saturated carbocycles. The molecule has 6 nitrogen and oxygen atoms in total. The molecule has 0 radical (unpaired) electrons. The number of aromatic hydroxyl groups is 1. The molecule has 0 bridgehead atoms. The topological polar surface area (TPSA) is 84.3 Å². The van der Waals surface area contributed by atoms with E-state index in [2.05, 4.69) is 36.7 Å². The molecule has 0 saturated heterocycles. The number of aromatic nitrogens is 2. The van der Waals surface area contributed by atoms with Crippen LogP contribution in [-0.4, -0.2) is 21.0 Å². The molecule has 8 heteroatoms. The van der Waals surface area contributed by atoms with Crippen LogP contribution >= 0.6 is 20.6 Å². The van der Waals surface area contributed by atoms with Crippen LogP contribution in [0.2, 0.25) is 0 Å². The number of allylic oxidation sites excluding steroid dienone is 3. The highest BCUT2D eigenvalue weighted by Crippen LogP contribution is 2.35. The van der Waals surface area contributed by atoms with Crippen molar-refractivity contribution in [3.8, 4) is 17.2 Å². The number of phenols is 1. The van der Waals surface area contributed by atoms with E-state index in [1.54, 1.807) is 12.3 Å². The molecular weight excluding hydrogens is 465 g/mol. The summed E-state index contributed by atoms with van der Waals surface area (Å²) in [5.74, 6) is 1.50. The molecule has 1 unspecified atom stereocenters. The average molecular weight is 490 g/mol. The second-order valence-corrected chi connectivity index (χ2v) is 9.78. The van der Waals surface area contributed by atoms with Gasteiger partial charge in [-0.05, 0) is 48.6 Å². The van der Waals surface area contributed by atoms with Crippen molar-refractivity contribution >= 4 is 58.0 Å². The van der Waals surface area contributed by atoms with Crippen molar-refractivity contribution in [3.63, 3.8) is 0 Å². The lowest BCUT2D eigenvalue weighted by atomic mass is 10.0. The van der Waals surface area contributed by atoms with Gasteiger partial charge in [-0.3, -0.25) is 9.78 Å². The fourth-order valence-electron chi connectivity index (χ4n) is 3.95. The van der Waals surface area contributed by atoms with Crippen molar-refractivity contribution in [1.82, 2.24) is 9.97 Å². The largest absolute Gasteiger partial charge is 0.508 e. The Hall–Kier alpha value is -3.28. The molecule has 34 heavy (non-hydrogen) atoms. The first kappa shape index (κ1) is 22.5. The smallest absolute Gasteiger partial charge is 0.230 e. The number of hydrogen-bond donors (Lipinski definition) is 2. The normalized spacial score (nSPS) is 13.3. The molecule has 2 aromatic carbocycles. The lowest BCUT2D eigenvalue weighted by molar-refractivity contribution is -0.115. The summed E-state index contributed by atoms with van der Waals surface area (Å²) in [6.45, 7) is 2.00. The molecule has 1 aliphatic rings. The molecule has 1 aliphatic carbocycles. The van der Waals surface area contributed by atoms with Gasteiger partial charge in [-0.25, -0.2) is 4.98 Å². The maximum absolute atomic E-state index is 12.5. The van der Waals surface area contributed by atoms with Gasteiger partial charge in [0.25, 0.3) is 0 Å². The molecule has 2 N–H and O–H groups in total. The zero-order chi connectivity index (χ0) is 23.7. The summed E-state index contributed by atoms with van der Waals surface area (Å²) < 4.78 is 7.21. The van der Waals surface area contributed by atoms with Gasteiger partial charge in [0, 0.05) is 29.0 Å². The van der Waals surface area contributed by atoms with E-state index in [-0.39, 0.29) is 11.7 Å². The maximum Gasteiger partial charge on any atom is 0.230 e. The van der Waals surface area contributed by atoms with Gasteiger partial charge in [0.05, 0.1) is 22.2 Å². The van der Waals surface area contributed by atoms with Crippen molar-refractivity contribution in [1.29, 1.82) is 0 Å². The Morgan fingerprint density at radius 1 is 1.21 bits per heavy atom. The quantitative estimate of drug-likeness (QED) is 0.324. The fraction of sp³-hybridized carbons (Fsp3) is 0.192. The molecule has 2 heterocycles. The number of carbonyl (C=O) groups excluding carboxylic acids is 1. The van der Waals surface area contributed by atoms with Crippen molar-refractivity contribution in [3.05, 3.63) is 65.9 Å². The Balaban J connectivity index is 1.40. The van der Waals surface area contributed by atoms with Crippen LogP contribution in [-0.2, 0) is 11.2 Å². The number of anilines is 1. The van der Waals surface area contributed by atoms with Crippen LogP contribution in [0, 0.1) is 0 Å². The molecule has 2 aromatic heterocycles.